The van der Waals surface area contributed by atoms with Crippen LogP contribution in [0.3, 0.4) is 0 Å². The summed E-state index contributed by atoms with van der Waals surface area (Å²) in [6, 6.07) is 15.1. The maximum absolute atomic E-state index is 12.6. The van der Waals surface area contributed by atoms with Crippen molar-refractivity contribution in [1.29, 1.82) is 0 Å². The van der Waals surface area contributed by atoms with E-state index in [0.717, 1.165) is 17.5 Å². The lowest BCUT2D eigenvalue weighted by molar-refractivity contribution is -0.131. The van der Waals surface area contributed by atoms with Crippen molar-refractivity contribution in [3.63, 3.8) is 0 Å². The number of amides is 2. The maximum atomic E-state index is 12.6. The van der Waals surface area contributed by atoms with Gasteiger partial charge in [0.05, 0.1) is 0 Å². The van der Waals surface area contributed by atoms with Gasteiger partial charge in [-0.2, -0.15) is 0 Å². The Morgan fingerprint density at radius 1 is 1.20 bits per heavy atom. The van der Waals surface area contributed by atoms with Crippen LogP contribution in [0.15, 0.2) is 48.5 Å². The summed E-state index contributed by atoms with van der Waals surface area (Å²) in [4.78, 5) is 25.9. The third-order valence-electron chi connectivity index (χ3n) is 4.62. The quantitative estimate of drug-likeness (QED) is 0.891. The summed E-state index contributed by atoms with van der Waals surface area (Å²) in [5, 5.41) is 3.30. The summed E-state index contributed by atoms with van der Waals surface area (Å²) >= 11 is 6.04. The zero-order chi connectivity index (χ0) is 18.0. The van der Waals surface area contributed by atoms with Gasteiger partial charge < -0.3 is 10.2 Å². The number of benzene rings is 2. The van der Waals surface area contributed by atoms with Crippen LogP contribution < -0.4 is 5.32 Å². The fourth-order valence-corrected chi connectivity index (χ4v) is 3.31. The van der Waals surface area contributed by atoms with Gasteiger partial charge in [-0.05, 0) is 47.7 Å². The van der Waals surface area contributed by atoms with Gasteiger partial charge in [0.15, 0.2) is 0 Å². The third kappa shape index (κ3) is 4.02. The molecule has 0 heterocycles. The first-order valence-corrected chi connectivity index (χ1v) is 8.69. The van der Waals surface area contributed by atoms with Crippen molar-refractivity contribution in [3.8, 4) is 0 Å². The number of nitrogens with one attached hydrogen (secondary N) is 1. The van der Waals surface area contributed by atoms with Crippen molar-refractivity contribution in [2.75, 3.05) is 14.1 Å². The van der Waals surface area contributed by atoms with Gasteiger partial charge >= 0.3 is 0 Å². The van der Waals surface area contributed by atoms with E-state index in [1.807, 2.05) is 43.4 Å². The molecule has 0 spiro atoms. The van der Waals surface area contributed by atoms with Crippen LogP contribution in [0.4, 0.5) is 0 Å². The van der Waals surface area contributed by atoms with E-state index in [2.05, 4.69) is 5.32 Å². The van der Waals surface area contributed by atoms with E-state index in [9.17, 15) is 9.59 Å². The highest BCUT2D eigenvalue weighted by Crippen LogP contribution is 2.48. The Kier molecular flexibility index (Phi) is 5.09. The Bertz CT molecular complexity index is 789. The zero-order valence-electron chi connectivity index (χ0n) is 14.3. The van der Waals surface area contributed by atoms with E-state index in [4.69, 9.17) is 11.6 Å². The molecule has 25 heavy (non-hydrogen) atoms. The van der Waals surface area contributed by atoms with Crippen molar-refractivity contribution in [2.45, 2.75) is 18.9 Å². The molecule has 1 aliphatic rings. The molecule has 3 rings (SSSR count). The van der Waals surface area contributed by atoms with Crippen molar-refractivity contribution >= 4 is 23.4 Å². The highest BCUT2D eigenvalue weighted by molar-refractivity contribution is 6.30. The summed E-state index contributed by atoms with van der Waals surface area (Å²) in [6.07, 6.45) is 0.874. The van der Waals surface area contributed by atoms with Crippen LogP contribution in [-0.2, 0) is 11.3 Å². The van der Waals surface area contributed by atoms with Crippen LogP contribution in [0.1, 0.15) is 33.8 Å². The highest BCUT2D eigenvalue weighted by Gasteiger charge is 2.45. The van der Waals surface area contributed by atoms with Crippen LogP contribution in [0.25, 0.3) is 0 Å². The lowest BCUT2D eigenvalue weighted by Gasteiger charge is -2.17. The second kappa shape index (κ2) is 7.28. The third-order valence-corrected chi connectivity index (χ3v) is 4.86. The lowest BCUT2D eigenvalue weighted by Crippen LogP contribution is -2.28. The lowest BCUT2D eigenvalue weighted by atomic mass is 10.1. The molecule has 1 N–H and O–H groups in total. The van der Waals surface area contributed by atoms with Crippen molar-refractivity contribution in [1.82, 2.24) is 10.2 Å². The second-order valence-corrected chi connectivity index (χ2v) is 6.91. The number of nitrogens with zero attached hydrogens (tertiary/aromatic N) is 1. The Morgan fingerprint density at radius 2 is 1.92 bits per heavy atom. The minimum Gasteiger partial charge on any atom is -0.355 e. The molecule has 4 nitrogen and oxygen atoms in total. The maximum Gasteiger partial charge on any atom is 0.251 e. The van der Waals surface area contributed by atoms with E-state index in [-0.39, 0.29) is 23.7 Å². The molecule has 1 saturated carbocycles. The van der Waals surface area contributed by atoms with Gasteiger partial charge in [-0.15, -0.1) is 0 Å². The number of carbonyl (C=O) groups excluding carboxylic acids is 2. The first-order chi connectivity index (χ1) is 12.0. The number of hydrogen-bond donors (Lipinski definition) is 1. The van der Waals surface area contributed by atoms with Gasteiger partial charge in [0, 0.05) is 37.1 Å². The van der Waals surface area contributed by atoms with E-state index in [1.54, 1.807) is 24.1 Å². The molecule has 2 atom stereocenters. The molecule has 2 aromatic rings. The number of carbonyl (C=O) groups is 2. The van der Waals surface area contributed by atoms with Crippen molar-refractivity contribution in [3.05, 3.63) is 70.2 Å². The normalized spacial score (nSPS) is 18.5. The highest BCUT2D eigenvalue weighted by atomic mass is 35.5. The molecule has 2 aromatic carbocycles. The average molecular weight is 357 g/mol. The predicted octanol–water partition coefficient (Wildman–Crippen LogP) is 3.46. The van der Waals surface area contributed by atoms with E-state index >= 15 is 0 Å². The summed E-state index contributed by atoms with van der Waals surface area (Å²) in [7, 11) is 3.43. The van der Waals surface area contributed by atoms with Gasteiger partial charge in [-0.1, -0.05) is 35.9 Å². The van der Waals surface area contributed by atoms with Crippen LogP contribution in [0, 0.1) is 5.92 Å². The molecule has 0 radical (unpaired) electrons. The molecule has 2 amide bonds. The number of rotatable bonds is 5. The Hall–Kier alpha value is -2.33. The topological polar surface area (TPSA) is 49.4 Å². The molecule has 0 aromatic heterocycles. The summed E-state index contributed by atoms with van der Waals surface area (Å²) in [6.45, 7) is 0.533. The number of hydrogen-bond acceptors (Lipinski definition) is 2. The summed E-state index contributed by atoms with van der Waals surface area (Å²) in [5.74, 6) is 0.344. The monoisotopic (exact) mass is 356 g/mol. The Balaban J connectivity index is 1.59. The van der Waals surface area contributed by atoms with Crippen molar-refractivity contribution in [2.24, 2.45) is 5.92 Å². The number of halogens is 1. The van der Waals surface area contributed by atoms with E-state index < -0.39 is 0 Å². The summed E-state index contributed by atoms with van der Waals surface area (Å²) < 4.78 is 0. The van der Waals surface area contributed by atoms with Gasteiger partial charge in [0.2, 0.25) is 5.91 Å². The molecule has 5 heteroatoms. The summed E-state index contributed by atoms with van der Waals surface area (Å²) in [5.41, 5.74) is 2.75. The van der Waals surface area contributed by atoms with Crippen LogP contribution >= 0.6 is 11.6 Å². The van der Waals surface area contributed by atoms with Crippen molar-refractivity contribution < 1.29 is 9.59 Å². The molecule has 0 aliphatic heterocycles. The van der Waals surface area contributed by atoms with E-state index in [1.165, 1.54) is 0 Å². The predicted molar refractivity (Wildman–Crippen MR) is 98.6 cm³/mol. The van der Waals surface area contributed by atoms with Gasteiger partial charge in [0.25, 0.3) is 5.91 Å². The molecule has 1 aliphatic carbocycles. The van der Waals surface area contributed by atoms with Crippen LogP contribution in [0.2, 0.25) is 5.02 Å². The molecule has 0 unspecified atom stereocenters. The average Bonchev–Trinajstić information content (AvgIpc) is 3.41. The minimum atomic E-state index is -0.113. The van der Waals surface area contributed by atoms with Gasteiger partial charge in [-0.3, -0.25) is 9.59 Å². The molecule has 130 valence electrons. The first-order valence-electron chi connectivity index (χ1n) is 8.31. The largest absolute Gasteiger partial charge is 0.355 e. The van der Waals surface area contributed by atoms with Crippen LogP contribution in [-0.4, -0.2) is 30.8 Å². The Labute approximate surface area is 152 Å². The fourth-order valence-electron chi connectivity index (χ4n) is 3.11. The second-order valence-electron chi connectivity index (χ2n) is 6.47. The molecular weight excluding hydrogens is 336 g/mol. The molecule has 1 fully saturated rings. The first kappa shape index (κ1) is 17.5. The van der Waals surface area contributed by atoms with E-state index in [0.29, 0.717) is 17.1 Å². The Morgan fingerprint density at radius 3 is 2.56 bits per heavy atom. The minimum absolute atomic E-state index is 0.0357. The zero-order valence-corrected chi connectivity index (χ0v) is 15.1. The van der Waals surface area contributed by atoms with Gasteiger partial charge in [-0.25, -0.2) is 0 Å². The molecular formula is C20H21ClN2O2. The fraction of sp³-hybridized carbons (Fsp3) is 0.300. The standard InChI is InChI=1S/C20H21ClN2O2/c1-22-19(24)14-8-6-13(7-9-14)12-23(2)20(25)18-11-17(18)15-4-3-5-16(21)10-15/h3-10,17-18H,11-12H2,1-2H3,(H,22,24)/t17-,18+/m0/s1. The molecule has 0 bridgehead atoms. The van der Waals surface area contributed by atoms with Gasteiger partial charge in [0.1, 0.15) is 0 Å². The smallest absolute Gasteiger partial charge is 0.251 e. The SMILES string of the molecule is CNC(=O)c1ccc(CN(C)C(=O)[C@@H]2C[C@H]2c2cccc(Cl)c2)cc1. The van der Waals surface area contributed by atoms with Crippen LogP contribution in [0.5, 0.6) is 0 Å². The molecule has 0 saturated heterocycles.